The highest BCUT2D eigenvalue weighted by atomic mass is 32.1. The van der Waals surface area contributed by atoms with Crippen molar-refractivity contribution >= 4 is 33.3 Å². The van der Waals surface area contributed by atoms with Crippen LogP contribution in [0.3, 0.4) is 0 Å². The minimum Gasteiger partial charge on any atom is -0.339 e. The van der Waals surface area contributed by atoms with Crippen molar-refractivity contribution in [3.05, 3.63) is 100 Å². The summed E-state index contributed by atoms with van der Waals surface area (Å²) in [4.78, 5) is 31.3. The van der Waals surface area contributed by atoms with Crippen LogP contribution in [-0.4, -0.2) is 19.9 Å². The first-order valence-electron chi connectivity index (χ1n) is 10.6. The smallest absolute Gasteiger partial charge is 0.191 e. The minimum absolute atomic E-state index is 0.0640. The van der Waals surface area contributed by atoms with Gasteiger partial charge in [-0.05, 0) is 42.3 Å². The van der Waals surface area contributed by atoms with Gasteiger partial charge < -0.3 is 4.98 Å². The highest BCUT2D eigenvalue weighted by Gasteiger charge is 2.16. The molecule has 0 aliphatic heterocycles. The Labute approximate surface area is 193 Å². The van der Waals surface area contributed by atoms with E-state index in [2.05, 4.69) is 21.0 Å². The van der Waals surface area contributed by atoms with Gasteiger partial charge >= 0.3 is 0 Å². The van der Waals surface area contributed by atoms with Crippen LogP contribution in [-0.2, 0) is 0 Å². The Balaban J connectivity index is 1.63. The lowest BCUT2D eigenvalue weighted by Crippen LogP contribution is -2.05. The van der Waals surface area contributed by atoms with Crippen LogP contribution in [0, 0.1) is 6.92 Å². The Morgan fingerprint density at radius 2 is 1.76 bits per heavy atom. The molecular weight excluding hydrogens is 428 g/mol. The third-order valence-corrected chi connectivity index (χ3v) is 6.59. The van der Waals surface area contributed by atoms with Crippen molar-refractivity contribution in [3.63, 3.8) is 0 Å². The van der Waals surface area contributed by atoms with Crippen LogP contribution in [0.4, 0.5) is 0 Å². The van der Waals surface area contributed by atoms with E-state index >= 15 is 0 Å². The maximum atomic E-state index is 13.1. The quantitative estimate of drug-likeness (QED) is 0.349. The molecule has 1 N–H and O–H groups in total. The second-order valence-electron chi connectivity index (χ2n) is 7.85. The number of nitrogens with one attached hydrogen (secondary N) is 1. The topological polar surface area (TPSA) is 71.5 Å². The molecule has 0 atom stereocenters. The number of benzene rings is 2. The minimum atomic E-state index is -0.0640. The van der Waals surface area contributed by atoms with Crippen LogP contribution in [0.1, 0.15) is 5.01 Å². The van der Waals surface area contributed by atoms with Crippen molar-refractivity contribution in [1.82, 2.24) is 19.9 Å². The lowest BCUT2D eigenvalue weighted by atomic mass is 9.99. The van der Waals surface area contributed by atoms with Crippen molar-refractivity contribution in [2.24, 2.45) is 0 Å². The zero-order chi connectivity index (χ0) is 22.4. The lowest BCUT2D eigenvalue weighted by molar-refractivity contribution is 1.27. The number of thiazole rings is 1. The summed E-state index contributed by atoms with van der Waals surface area (Å²) in [6.45, 7) is 1.98. The molecule has 0 unspecified atom stereocenters. The number of aryl methyl sites for hydroxylation is 1. The molecule has 6 aromatic rings. The Hall–Kier alpha value is -4.16. The van der Waals surface area contributed by atoms with Gasteiger partial charge in [-0.15, -0.1) is 11.3 Å². The summed E-state index contributed by atoms with van der Waals surface area (Å²) in [5.74, 6) is 0. The first-order chi connectivity index (χ1) is 16.2. The molecule has 5 nitrogen and oxygen atoms in total. The zero-order valence-corrected chi connectivity index (χ0v) is 18.6. The molecule has 4 aromatic heterocycles. The van der Waals surface area contributed by atoms with E-state index in [0.29, 0.717) is 11.0 Å². The van der Waals surface area contributed by atoms with E-state index in [1.165, 1.54) is 0 Å². The average Bonchev–Trinajstić information content (AvgIpc) is 3.29. The molecule has 0 saturated carbocycles. The van der Waals surface area contributed by atoms with Crippen molar-refractivity contribution in [2.75, 3.05) is 0 Å². The van der Waals surface area contributed by atoms with Crippen LogP contribution >= 0.6 is 11.3 Å². The van der Waals surface area contributed by atoms with Gasteiger partial charge in [-0.1, -0.05) is 42.5 Å². The average molecular weight is 447 g/mol. The van der Waals surface area contributed by atoms with Gasteiger partial charge in [0.05, 0.1) is 32.2 Å². The fourth-order valence-corrected chi connectivity index (χ4v) is 4.85. The van der Waals surface area contributed by atoms with Gasteiger partial charge in [0.25, 0.3) is 0 Å². The van der Waals surface area contributed by atoms with Crippen LogP contribution in [0.2, 0.25) is 0 Å². The molecule has 0 spiro atoms. The van der Waals surface area contributed by atoms with Gasteiger partial charge in [0, 0.05) is 29.4 Å². The summed E-state index contributed by atoms with van der Waals surface area (Å²) >= 11 is 1.59. The number of hydrogen-bond acceptors (Lipinski definition) is 5. The van der Waals surface area contributed by atoms with E-state index in [1.54, 1.807) is 23.6 Å². The highest BCUT2D eigenvalue weighted by molar-refractivity contribution is 7.15. The van der Waals surface area contributed by atoms with Crippen molar-refractivity contribution in [1.29, 1.82) is 0 Å². The predicted octanol–water partition coefficient (Wildman–Crippen LogP) is 6.24. The number of nitrogens with zero attached hydrogens (tertiary/aromatic N) is 3. The molecule has 0 radical (unpaired) electrons. The Kier molecular flexibility index (Phi) is 4.59. The van der Waals surface area contributed by atoms with E-state index in [-0.39, 0.29) is 5.43 Å². The fraction of sp³-hybridized carbons (Fsp3) is 0.0370. The van der Waals surface area contributed by atoms with Gasteiger partial charge in [0.15, 0.2) is 5.43 Å². The summed E-state index contributed by atoms with van der Waals surface area (Å²) in [6, 6.07) is 23.5. The Morgan fingerprint density at radius 3 is 2.58 bits per heavy atom. The molecular formula is C27H18N4OS. The first kappa shape index (κ1) is 19.5. The number of hydrogen-bond donors (Lipinski definition) is 1. The maximum absolute atomic E-state index is 13.1. The summed E-state index contributed by atoms with van der Waals surface area (Å²) in [6.07, 6.45) is 3.63. The number of rotatable bonds is 3. The van der Waals surface area contributed by atoms with E-state index in [4.69, 9.17) is 4.98 Å². The van der Waals surface area contributed by atoms with Gasteiger partial charge in [-0.2, -0.15) is 0 Å². The molecule has 0 bridgehead atoms. The van der Waals surface area contributed by atoms with Crippen molar-refractivity contribution in [3.8, 4) is 33.0 Å². The molecule has 0 aliphatic rings. The Bertz CT molecular complexity index is 1700. The fourth-order valence-electron chi connectivity index (χ4n) is 4.06. The van der Waals surface area contributed by atoms with E-state index in [9.17, 15) is 4.79 Å². The summed E-state index contributed by atoms with van der Waals surface area (Å²) in [5.41, 5.74) is 5.80. The largest absolute Gasteiger partial charge is 0.339 e. The number of aromatic amines is 1. The van der Waals surface area contributed by atoms with Gasteiger partial charge in [0.1, 0.15) is 5.65 Å². The SMILES string of the molecule is Cc1ncc(-c2nc3[nH]c(-c4ccccc4)cc(=O)c3cc2-c2ccc3ncccc3c2)s1. The van der Waals surface area contributed by atoms with Gasteiger partial charge in [-0.25, -0.2) is 9.97 Å². The maximum Gasteiger partial charge on any atom is 0.191 e. The summed E-state index contributed by atoms with van der Waals surface area (Å²) in [7, 11) is 0. The number of aromatic nitrogens is 4. The summed E-state index contributed by atoms with van der Waals surface area (Å²) in [5, 5.41) is 2.56. The standard InChI is InChI=1S/C27H18N4OS/c1-16-29-15-25(33-16)26-20(18-9-10-22-19(12-18)8-5-11-28-22)13-21-24(32)14-23(30-27(21)31-26)17-6-3-2-4-7-17/h2-15H,1H3,(H,30,31,32). The lowest BCUT2D eigenvalue weighted by Gasteiger charge is -2.12. The second-order valence-corrected chi connectivity index (χ2v) is 9.08. The Morgan fingerprint density at radius 1 is 0.879 bits per heavy atom. The monoisotopic (exact) mass is 446 g/mol. The van der Waals surface area contributed by atoms with E-state index < -0.39 is 0 Å². The molecule has 33 heavy (non-hydrogen) atoms. The van der Waals surface area contributed by atoms with Crippen LogP contribution < -0.4 is 5.43 Å². The van der Waals surface area contributed by atoms with E-state index in [1.807, 2.05) is 73.8 Å². The normalized spacial score (nSPS) is 11.3. The molecule has 4 heterocycles. The molecule has 158 valence electrons. The zero-order valence-electron chi connectivity index (χ0n) is 17.7. The van der Waals surface area contributed by atoms with Crippen LogP contribution in [0.25, 0.3) is 54.9 Å². The third kappa shape index (κ3) is 3.50. The second kappa shape index (κ2) is 7.76. The molecule has 0 fully saturated rings. The number of fused-ring (bicyclic) bond motifs is 2. The first-order valence-corrected chi connectivity index (χ1v) is 11.4. The van der Waals surface area contributed by atoms with Gasteiger partial charge in [0.2, 0.25) is 0 Å². The summed E-state index contributed by atoms with van der Waals surface area (Å²) < 4.78 is 0. The molecule has 6 rings (SSSR count). The molecule has 2 aromatic carbocycles. The van der Waals surface area contributed by atoms with Gasteiger partial charge in [-0.3, -0.25) is 9.78 Å². The van der Waals surface area contributed by atoms with Crippen LogP contribution in [0.15, 0.2) is 90.0 Å². The molecule has 0 saturated heterocycles. The highest BCUT2D eigenvalue weighted by Crippen LogP contribution is 2.36. The number of pyridine rings is 3. The number of H-pyrrole nitrogens is 1. The molecule has 0 amide bonds. The molecule has 6 heteroatoms. The van der Waals surface area contributed by atoms with Crippen molar-refractivity contribution < 1.29 is 0 Å². The third-order valence-electron chi connectivity index (χ3n) is 5.67. The van der Waals surface area contributed by atoms with Crippen molar-refractivity contribution in [2.45, 2.75) is 6.92 Å². The predicted molar refractivity (Wildman–Crippen MR) is 134 cm³/mol. The molecule has 0 aliphatic carbocycles. The van der Waals surface area contributed by atoms with E-state index in [0.717, 1.165) is 48.9 Å². The van der Waals surface area contributed by atoms with Crippen LogP contribution in [0.5, 0.6) is 0 Å².